The average molecular weight is 521 g/mol. The molecule has 1 aromatic heterocycles. The van der Waals surface area contributed by atoms with Crippen LogP contribution in [0.3, 0.4) is 0 Å². The average Bonchev–Trinajstić information content (AvgIpc) is 3.15. The summed E-state index contributed by atoms with van der Waals surface area (Å²) in [6.07, 6.45) is -5.92. The van der Waals surface area contributed by atoms with E-state index >= 15 is 0 Å². The molecule has 0 radical (unpaired) electrons. The van der Waals surface area contributed by atoms with E-state index in [-0.39, 0.29) is 17.6 Å². The fraction of sp³-hybridized carbons (Fsp3) is 0.320. The Balaban J connectivity index is 2.10. The number of carbonyl (C=O) groups excluding carboxylic acids is 3. The van der Waals surface area contributed by atoms with Crippen molar-refractivity contribution < 1.29 is 41.8 Å². The maximum absolute atomic E-state index is 12.8. The van der Waals surface area contributed by atoms with E-state index in [0.29, 0.717) is 16.6 Å². The van der Waals surface area contributed by atoms with Gasteiger partial charge in [-0.2, -0.15) is 0 Å². The highest BCUT2D eigenvalue weighted by Gasteiger charge is 2.31. The molecule has 0 bridgehead atoms. The molecular weight excluding hydrogens is 495 g/mol. The number of hydrogen-bond acceptors (Lipinski definition) is 6. The Bertz CT molecular complexity index is 1330. The van der Waals surface area contributed by atoms with E-state index in [1.807, 2.05) is 0 Å². The van der Waals surface area contributed by atoms with Gasteiger partial charge in [-0.05, 0) is 56.7 Å². The number of aromatic nitrogens is 1. The normalized spacial score (nSPS) is 12.6. The summed E-state index contributed by atoms with van der Waals surface area (Å²) in [4.78, 5) is 36.7. The molecule has 37 heavy (non-hydrogen) atoms. The number of benzene rings is 2. The topological polar surface area (TPSA) is 122 Å². The SMILES string of the molecule is COC(=O)CC(NC(=O)OC(C)(C)C)c1cccc(-n2c(C(N)=O)cc3ccc(OC(F)(F)F)cc32)c1. The molecule has 9 nitrogen and oxygen atoms in total. The lowest BCUT2D eigenvalue weighted by Crippen LogP contribution is -2.36. The van der Waals surface area contributed by atoms with Crippen LogP contribution in [0.5, 0.6) is 5.75 Å². The van der Waals surface area contributed by atoms with Crippen LogP contribution in [-0.4, -0.2) is 41.6 Å². The molecule has 3 aromatic rings. The fourth-order valence-electron chi connectivity index (χ4n) is 3.67. The van der Waals surface area contributed by atoms with Gasteiger partial charge in [-0.25, -0.2) is 4.79 Å². The van der Waals surface area contributed by atoms with Crippen LogP contribution in [0.4, 0.5) is 18.0 Å². The van der Waals surface area contributed by atoms with Gasteiger partial charge in [0.1, 0.15) is 17.0 Å². The van der Waals surface area contributed by atoms with E-state index in [2.05, 4.69) is 10.1 Å². The first-order valence-corrected chi connectivity index (χ1v) is 11.0. The molecular formula is C25H26F3N3O6. The molecule has 0 aliphatic heterocycles. The van der Waals surface area contributed by atoms with E-state index in [0.717, 1.165) is 12.1 Å². The quantitative estimate of drug-likeness (QED) is 0.433. The van der Waals surface area contributed by atoms with Crippen LogP contribution in [0.15, 0.2) is 48.5 Å². The summed E-state index contributed by atoms with van der Waals surface area (Å²) in [6.45, 7) is 5.05. The Labute approximate surface area is 210 Å². The Morgan fingerprint density at radius 3 is 2.35 bits per heavy atom. The van der Waals surface area contributed by atoms with Crippen molar-refractivity contribution in [1.82, 2.24) is 9.88 Å². The zero-order valence-corrected chi connectivity index (χ0v) is 20.5. The number of primary amides is 1. The molecule has 198 valence electrons. The number of alkyl halides is 3. The molecule has 0 saturated heterocycles. The monoisotopic (exact) mass is 521 g/mol. The Hall–Kier alpha value is -4.22. The van der Waals surface area contributed by atoms with Crippen molar-refractivity contribution in [3.05, 3.63) is 59.8 Å². The van der Waals surface area contributed by atoms with E-state index in [9.17, 15) is 27.6 Å². The standard InChI is InChI=1S/C25H26F3N3O6/c1-24(2,3)37-23(34)30-18(13-21(32)35-4)14-6-5-7-16(10-14)31-19-12-17(36-25(26,27)28)9-8-15(19)11-20(31)22(29)33/h5-12,18H,13H2,1-4H3,(H2,29,33)(H,30,34). The maximum Gasteiger partial charge on any atom is 0.573 e. The van der Waals surface area contributed by atoms with Gasteiger partial charge in [0.2, 0.25) is 0 Å². The molecule has 0 spiro atoms. The van der Waals surface area contributed by atoms with E-state index in [4.69, 9.17) is 15.2 Å². The molecule has 2 amide bonds. The van der Waals surface area contributed by atoms with Gasteiger partial charge >= 0.3 is 18.4 Å². The summed E-state index contributed by atoms with van der Waals surface area (Å²) in [5, 5.41) is 3.07. The Morgan fingerprint density at radius 1 is 1.05 bits per heavy atom. The second kappa shape index (κ2) is 10.4. The van der Waals surface area contributed by atoms with Gasteiger partial charge in [0.25, 0.3) is 5.91 Å². The van der Waals surface area contributed by atoms with Crippen molar-refractivity contribution in [2.75, 3.05) is 7.11 Å². The highest BCUT2D eigenvalue weighted by molar-refractivity contribution is 5.99. The van der Waals surface area contributed by atoms with Crippen molar-refractivity contribution >= 4 is 28.9 Å². The minimum absolute atomic E-state index is 0.000859. The highest BCUT2D eigenvalue weighted by atomic mass is 19.4. The van der Waals surface area contributed by atoms with E-state index in [1.54, 1.807) is 45.0 Å². The first kappa shape index (κ1) is 27.4. The summed E-state index contributed by atoms with van der Waals surface area (Å²) in [5.41, 5.74) is 5.76. The van der Waals surface area contributed by atoms with Gasteiger partial charge in [-0.3, -0.25) is 9.59 Å². The molecule has 1 heterocycles. The number of amides is 2. The minimum atomic E-state index is -4.91. The van der Waals surface area contributed by atoms with Crippen LogP contribution in [0.25, 0.3) is 16.6 Å². The molecule has 1 atom stereocenters. The van der Waals surface area contributed by atoms with Crippen LogP contribution in [-0.2, 0) is 14.3 Å². The van der Waals surface area contributed by atoms with Gasteiger partial charge in [0, 0.05) is 17.1 Å². The number of esters is 1. The summed E-state index contributed by atoms with van der Waals surface area (Å²) in [7, 11) is 1.20. The molecule has 1 unspecified atom stereocenters. The number of nitrogens with one attached hydrogen (secondary N) is 1. The minimum Gasteiger partial charge on any atom is -0.469 e. The van der Waals surface area contributed by atoms with E-state index < -0.39 is 41.7 Å². The Morgan fingerprint density at radius 2 is 1.76 bits per heavy atom. The lowest BCUT2D eigenvalue weighted by Gasteiger charge is -2.24. The first-order chi connectivity index (χ1) is 17.2. The lowest BCUT2D eigenvalue weighted by molar-refractivity contribution is -0.274. The van der Waals surface area contributed by atoms with Crippen molar-refractivity contribution in [3.8, 4) is 11.4 Å². The molecule has 3 rings (SSSR count). The first-order valence-electron chi connectivity index (χ1n) is 11.0. The summed E-state index contributed by atoms with van der Waals surface area (Å²) in [5.74, 6) is -1.91. The van der Waals surface area contributed by atoms with Crippen LogP contribution in [0, 0.1) is 0 Å². The fourth-order valence-corrected chi connectivity index (χ4v) is 3.67. The molecule has 0 fully saturated rings. The van der Waals surface area contributed by atoms with Crippen LogP contribution < -0.4 is 15.8 Å². The van der Waals surface area contributed by atoms with Gasteiger partial charge in [0.15, 0.2) is 0 Å². The predicted molar refractivity (Wildman–Crippen MR) is 127 cm³/mol. The number of rotatable bonds is 7. The van der Waals surface area contributed by atoms with Crippen molar-refractivity contribution in [1.29, 1.82) is 0 Å². The van der Waals surface area contributed by atoms with Crippen LogP contribution in [0.2, 0.25) is 0 Å². The zero-order chi connectivity index (χ0) is 27.5. The second-order valence-corrected chi connectivity index (χ2v) is 9.07. The number of methoxy groups -OCH3 is 1. The summed E-state index contributed by atoms with van der Waals surface area (Å²) < 4.78 is 53.8. The zero-order valence-electron chi connectivity index (χ0n) is 20.5. The number of nitrogens with two attached hydrogens (primary N) is 1. The number of nitrogens with zero attached hydrogens (tertiary/aromatic N) is 1. The number of ether oxygens (including phenoxy) is 3. The second-order valence-electron chi connectivity index (χ2n) is 9.07. The van der Waals surface area contributed by atoms with Gasteiger partial charge in [-0.15, -0.1) is 13.2 Å². The van der Waals surface area contributed by atoms with Crippen molar-refractivity contribution in [3.63, 3.8) is 0 Å². The highest BCUT2D eigenvalue weighted by Crippen LogP contribution is 2.31. The summed E-state index contributed by atoms with van der Waals surface area (Å²) in [6, 6.07) is 10.6. The maximum atomic E-state index is 12.8. The largest absolute Gasteiger partial charge is 0.573 e. The molecule has 0 saturated carbocycles. The Kier molecular flexibility index (Phi) is 7.70. The number of alkyl carbamates (subject to hydrolysis) is 1. The molecule has 2 aromatic carbocycles. The molecule has 12 heteroatoms. The molecule has 0 aliphatic carbocycles. The molecule has 3 N–H and O–H groups in total. The third-order valence-corrected chi connectivity index (χ3v) is 5.08. The van der Waals surface area contributed by atoms with Gasteiger partial charge < -0.3 is 29.8 Å². The smallest absolute Gasteiger partial charge is 0.469 e. The van der Waals surface area contributed by atoms with Crippen LogP contribution >= 0.6 is 0 Å². The third-order valence-electron chi connectivity index (χ3n) is 5.08. The summed E-state index contributed by atoms with van der Waals surface area (Å²) >= 11 is 0. The third kappa shape index (κ3) is 7.15. The van der Waals surface area contributed by atoms with Crippen LogP contribution in [0.1, 0.15) is 49.3 Å². The van der Waals surface area contributed by atoms with Gasteiger partial charge in [0.05, 0.1) is 25.1 Å². The van der Waals surface area contributed by atoms with E-state index in [1.165, 1.54) is 23.8 Å². The van der Waals surface area contributed by atoms with Gasteiger partial charge in [-0.1, -0.05) is 12.1 Å². The number of carbonyl (C=O) groups is 3. The van der Waals surface area contributed by atoms with Crippen molar-refractivity contribution in [2.24, 2.45) is 5.73 Å². The number of hydrogen-bond donors (Lipinski definition) is 2. The number of fused-ring (bicyclic) bond motifs is 1. The lowest BCUT2D eigenvalue weighted by atomic mass is 10.0. The molecule has 0 aliphatic rings. The number of halogens is 3. The predicted octanol–water partition coefficient (Wildman–Crippen LogP) is 4.76. The van der Waals surface area contributed by atoms with Crippen molar-refractivity contribution in [2.45, 2.75) is 45.2 Å².